The summed E-state index contributed by atoms with van der Waals surface area (Å²) >= 11 is 0. The van der Waals surface area contributed by atoms with Crippen molar-refractivity contribution in [2.45, 2.75) is 54.4 Å². The lowest BCUT2D eigenvalue weighted by Gasteiger charge is -2.22. The van der Waals surface area contributed by atoms with E-state index in [2.05, 4.69) is 59.8 Å². The van der Waals surface area contributed by atoms with Crippen molar-refractivity contribution in [3.8, 4) is 0 Å². The van der Waals surface area contributed by atoms with Crippen molar-refractivity contribution in [3.05, 3.63) is 68.4 Å². The van der Waals surface area contributed by atoms with Crippen LogP contribution in [0.25, 0.3) is 0 Å². The summed E-state index contributed by atoms with van der Waals surface area (Å²) in [5, 5.41) is 0. The van der Waals surface area contributed by atoms with E-state index >= 15 is 0 Å². The van der Waals surface area contributed by atoms with Gasteiger partial charge in [0.1, 0.15) is 0 Å². The quantitative estimate of drug-likeness (QED) is 0.563. The molecule has 0 aromatic rings. The first-order valence-corrected chi connectivity index (χ1v) is 8.05. The normalized spacial score (nSPS) is 26.0. The maximum Gasteiger partial charge on any atom is 0.0286 e. The Balaban J connectivity index is 2.15. The van der Waals surface area contributed by atoms with Crippen LogP contribution in [0.5, 0.6) is 0 Å². The average Bonchev–Trinajstić information content (AvgIpc) is 3.02. The van der Waals surface area contributed by atoms with Gasteiger partial charge in [0.2, 0.25) is 0 Å². The minimum atomic E-state index is 0.468. The van der Waals surface area contributed by atoms with Crippen LogP contribution in [0, 0.1) is 5.92 Å². The Morgan fingerprint density at radius 3 is 1.86 bits per heavy atom. The zero-order chi connectivity index (χ0) is 15.3. The Labute approximate surface area is 129 Å². The highest BCUT2D eigenvalue weighted by Crippen LogP contribution is 2.48. The van der Waals surface area contributed by atoms with Crippen molar-refractivity contribution in [1.29, 1.82) is 0 Å². The molecule has 3 aliphatic rings. The van der Waals surface area contributed by atoms with Gasteiger partial charge >= 0.3 is 0 Å². The van der Waals surface area contributed by atoms with Crippen LogP contribution in [0.2, 0.25) is 0 Å². The first-order chi connectivity index (χ1) is 9.91. The highest BCUT2D eigenvalue weighted by atomic mass is 14.4. The van der Waals surface area contributed by atoms with E-state index in [9.17, 15) is 0 Å². The Hall–Kier alpha value is -1.56. The van der Waals surface area contributed by atoms with E-state index < -0.39 is 0 Å². The van der Waals surface area contributed by atoms with Gasteiger partial charge < -0.3 is 0 Å². The first kappa shape index (κ1) is 14.4. The van der Waals surface area contributed by atoms with E-state index in [1.54, 1.807) is 16.7 Å². The van der Waals surface area contributed by atoms with Gasteiger partial charge in [0.15, 0.2) is 0 Å². The molecule has 0 heterocycles. The van der Waals surface area contributed by atoms with Crippen LogP contribution in [0.3, 0.4) is 0 Å². The molecule has 1 atom stereocenters. The van der Waals surface area contributed by atoms with Gasteiger partial charge in [0, 0.05) is 5.92 Å². The van der Waals surface area contributed by atoms with Gasteiger partial charge in [-0.3, -0.25) is 0 Å². The summed E-state index contributed by atoms with van der Waals surface area (Å²) in [6.45, 7) is 13.7. The van der Waals surface area contributed by atoms with Crippen LogP contribution in [-0.4, -0.2) is 0 Å². The van der Waals surface area contributed by atoms with Gasteiger partial charge in [-0.05, 0) is 82.2 Å². The molecule has 0 saturated heterocycles. The predicted molar refractivity (Wildman–Crippen MR) is 92.1 cm³/mol. The van der Waals surface area contributed by atoms with Crippen LogP contribution in [0.4, 0.5) is 0 Å². The molecule has 21 heavy (non-hydrogen) atoms. The summed E-state index contributed by atoms with van der Waals surface area (Å²) in [4.78, 5) is 0. The number of hydrogen-bond acceptors (Lipinski definition) is 0. The second-order valence-corrected chi connectivity index (χ2v) is 6.90. The summed E-state index contributed by atoms with van der Waals surface area (Å²) in [5.74, 6) is 0.468. The molecule has 0 amide bonds. The van der Waals surface area contributed by atoms with Crippen molar-refractivity contribution in [2.24, 2.45) is 5.92 Å². The lowest BCUT2D eigenvalue weighted by molar-refractivity contribution is 0.907. The molecule has 3 aliphatic carbocycles. The van der Waals surface area contributed by atoms with Gasteiger partial charge in [0.25, 0.3) is 0 Å². The third kappa shape index (κ3) is 2.12. The summed E-state index contributed by atoms with van der Waals surface area (Å²) in [6.07, 6.45) is 9.50. The molecule has 0 bridgehead atoms. The van der Waals surface area contributed by atoms with Crippen LogP contribution in [0.15, 0.2) is 68.4 Å². The van der Waals surface area contributed by atoms with Crippen LogP contribution in [-0.2, 0) is 0 Å². The lowest BCUT2D eigenvalue weighted by atomic mass is 9.81. The Kier molecular flexibility index (Phi) is 3.43. The molecule has 0 aliphatic heterocycles. The van der Waals surface area contributed by atoms with E-state index in [4.69, 9.17) is 0 Å². The van der Waals surface area contributed by atoms with Crippen LogP contribution < -0.4 is 0 Å². The van der Waals surface area contributed by atoms with Crippen molar-refractivity contribution < 1.29 is 0 Å². The van der Waals surface area contributed by atoms with E-state index in [0.717, 1.165) is 12.8 Å². The maximum atomic E-state index is 2.48. The van der Waals surface area contributed by atoms with Gasteiger partial charge in [-0.1, -0.05) is 40.5 Å². The molecule has 0 spiro atoms. The highest BCUT2D eigenvalue weighted by molar-refractivity contribution is 5.66. The molecule has 0 aromatic heterocycles. The zero-order valence-corrected chi connectivity index (χ0v) is 14.2. The molecule has 3 rings (SSSR count). The molecule has 0 heteroatoms. The zero-order valence-electron chi connectivity index (χ0n) is 14.2. The van der Waals surface area contributed by atoms with Crippen molar-refractivity contribution in [3.63, 3.8) is 0 Å². The average molecular weight is 278 g/mol. The van der Waals surface area contributed by atoms with Gasteiger partial charge in [-0.2, -0.15) is 0 Å². The molecule has 110 valence electrons. The Morgan fingerprint density at radius 1 is 0.714 bits per heavy atom. The Morgan fingerprint density at radius 2 is 1.33 bits per heavy atom. The van der Waals surface area contributed by atoms with Gasteiger partial charge in [0.05, 0.1) is 0 Å². The third-order valence-corrected chi connectivity index (χ3v) is 5.44. The molecular weight excluding hydrogens is 252 g/mol. The van der Waals surface area contributed by atoms with E-state index in [-0.39, 0.29) is 0 Å². The predicted octanol–water partition coefficient (Wildman–Crippen LogP) is 6.21. The van der Waals surface area contributed by atoms with Crippen LogP contribution >= 0.6 is 0 Å². The SMILES string of the molecule is CC1=CC(C2=C(C)CC=C2C)C(C2=C(C)CC=C2C)=C1C. The maximum absolute atomic E-state index is 2.48. The topological polar surface area (TPSA) is 0 Å². The van der Waals surface area contributed by atoms with Gasteiger partial charge in [-0.15, -0.1) is 0 Å². The van der Waals surface area contributed by atoms with Crippen molar-refractivity contribution >= 4 is 0 Å². The van der Waals surface area contributed by atoms with E-state index in [1.807, 2.05) is 0 Å². The highest BCUT2D eigenvalue weighted by Gasteiger charge is 2.32. The number of hydrogen-bond donors (Lipinski definition) is 0. The lowest BCUT2D eigenvalue weighted by Crippen LogP contribution is -2.08. The Bertz CT molecular complexity index is 696. The summed E-state index contributed by atoms with van der Waals surface area (Å²) in [7, 11) is 0. The molecular formula is C21H26. The number of rotatable bonds is 2. The molecule has 0 N–H and O–H groups in total. The fourth-order valence-electron chi connectivity index (χ4n) is 4.14. The summed E-state index contributed by atoms with van der Waals surface area (Å²) in [6, 6.07) is 0. The summed E-state index contributed by atoms with van der Waals surface area (Å²) in [5.41, 5.74) is 13.6. The molecule has 0 saturated carbocycles. The molecule has 0 aromatic carbocycles. The summed E-state index contributed by atoms with van der Waals surface area (Å²) < 4.78 is 0. The van der Waals surface area contributed by atoms with Crippen molar-refractivity contribution in [2.75, 3.05) is 0 Å². The third-order valence-electron chi connectivity index (χ3n) is 5.44. The van der Waals surface area contributed by atoms with E-state index in [0.29, 0.717) is 5.92 Å². The first-order valence-electron chi connectivity index (χ1n) is 8.05. The second kappa shape index (κ2) is 5.02. The largest absolute Gasteiger partial charge is 0.0772 e. The smallest absolute Gasteiger partial charge is 0.0286 e. The minimum Gasteiger partial charge on any atom is -0.0772 e. The van der Waals surface area contributed by atoms with Crippen LogP contribution in [0.1, 0.15) is 54.4 Å². The van der Waals surface area contributed by atoms with Crippen molar-refractivity contribution in [1.82, 2.24) is 0 Å². The molecule has 0 nitrogen and oxygen atoms in total. The molecule has 1 unspecified atom stereocenters. The number of allylic oxidation sites excluding steroid dienone is 12. The fourth-order valence-corrected chi connectivity index (χ4v) is 4.14. The minimum absolute atomic E-state index is 0.468. The molecule has 0 radical (unpaired) electrons. The van der Waals surface area contributed by atoms with E-state index in [1.165, 1.54) is 33.4 Å². The monoisotopic (exact) mass is 278 g/mol. The van der Waals surface area contributed by atoms with Gasteiger partial charge in [-0.25, -0.2) is 0 Å². The molecule has 0 fully saturated rings. The second-order valence-electron chi connectivity index (χ2n) is 6.90. The fraction of sp³-hybridized carbons (Fsp3) is 0.429. The standard InChI is InChI=1S/C21H26/c1-12-7-8-13(2)19(12)18-11-16(5)17(6)21(18)20-14(3)9-10-15(20)4/h7,9,11,18H,8,10H2,1-6H3.